The first-order chi connectivity index (χ1) is 7.68. The molecular formula is C12H16N2O2. The van der Waals surface area contributed by atoms with Crippen molar-refractivity contribution in [1.82, 2.24) is 0 Å². The maximum absolute atomic E-state index is 10.7. The molecule has 0 aliphatic heterocycles. The molecule has 0 bridgehead atoms. The van der Waals surface area contributed by atoms with Crippen molar-refractivity contribution in [2.45, 2.75) is 31.7 Å². The minimum Gasteiger partial charge on any atom is -0.324 e. The van der Waals surface area contributed by atoms with Gasteiger partial charge in [0.15, 0.2) is 0 Å². The molecule has 4 heteroatoms. The molecule has 0 radical (unpaired) electrons. The molecule has 16 heavy (non-hydrogen) atoms. The molecule has 1 atom stereocenters. The molecule has 0 saturated heterocycles. The van der Waals surface area contributed by atoms with Crippen LogP contribution in [0.1, 0.15) is 37.3 Å². The first-order valence-corrected chi connectivity index (χ1v) is 5.68. The van der Waals surface area contributed by atoms with Crippen molar-refractivity contribution < 1.29 is 4.92 Å². The predicted octanol–water partition coefficient (Wildman–Crippen LogP) is 2.78. The SMILES string of the molecule is N[C@H](c1cccc([N+](=O)[O-])c1)C1CCCC1. The monoisotopic (exact) mass is 220 g/mol. The van der Waals surface area contributed by atoms with E-state index in [-0.39, 0.29) is 16.7 Å². The molecule has 0 amide bonds. The zero-order valence-corrected chi connectivity index (χ0v) is 9.13. The minimum atomic E-state index is -0.370. The molecule has 1 aliphatic rings. The third-order valence-corrected chi connectivity index (χ3v) is 3.37. The van der Waals surface area contributed by atoms with E-state index in [9.17, 15) is 10.1 Å². The molecule has 1 aromatic carbocycles. The third-order valence-electron chi connectivity index (χ3n) is 3.37. The topological polar surface area (TPSA) is 69.2 Å². The highest BCUT2D eigenvalue weighted by Gasteiger charge is 2.24. The van der Waals surface area contributed by atoms with Crippen molar-refractivity contribution in [1.29, 1.82) is 0 Å². The Hall–Kier alpha value is -1.42. The van der Waals surface area contributed by atoms with Gasteiger partial charge in [-0.15, -0.1) is 0 Å². The maximum Gasteiger partial charge on any atom is 0.269 e. The number of rotatable bonds is 3. The van der Waals surface area contributed by atoms with E-state index in [1.165, 1.54) is 18.9 Å². The third kappa shape index (κ3) is 2.22. The molecule has 2 rings (SSSR count). The Kier molecular flexibility index (Phi) is 3.19. The van der Waals surface area contributed by atoms with Crippen molar-refractivity contribution in [2.75, 3.05) is 0 Å². The summed E-state index contributed by atoms with van der Waals surface area (Å²) in [6.07, 6.45) is 4.74. The Morgan fingerprint density at radius 3 is 2.69 bits per heavy atom. The van der Waals surface area contributed by atoms with E-state index in [0.717, 1.165) is 18.4 Å². The van der Waals surface area contributed by atoms with Gasteiger partial charge < -0.3 is 5.73 Å². The van der Waals surface area contributed by atoms with Crippen LogP contribution in [0.5, 0.6) is 0 Å². The quantitative estimate of drug-likeness (QED) is 0.629. The van der Waals surface area contributed by atoms with Crippen LogP contribution in [0.4, 0.5) is 5.69 Å². The molecule has 1 fully saturated rings. The fourth-order valence-corrected chi connectivity index (χ4v) is 2.43. The van der Waals surface area contributed by atoms with Crippen LogP contribution in [0.2, 0.25) is 0 Å². The smallest absolute Gasteiger partial charge is 0.269 e. The van der Waals surface area contributed by atoms with E-state index >= 15 is 0 Å². The predicted molar refractivity (Wildman–Crippen MR) is 62.0 cm³/mol. The summed E-state index contributed by atoms with van der Waals surface area (Å²) < 4.78 is 0. The van der Waals surface area contributed by atoms with E-state index in [0.29, 0.717) is 5.92 Å². The van der Waals surface area contributed by atoms with Crippen molar-refractivity contribution >= 4 is 5.69 Å². The molecule has 0 aromatic heterocycles. The molecule has 0 heterocycles. The highest BCUT2D eigenvalue weighted by atomic mass is 16.6. The van der Waals surface area contributed by atoms with Gasteiger partial charge in [-0.05, 0) is 24.3 Å². The number of nitrogens with zero attached hydrogens (tertiary/aromatic N) is 1. The molecule has 4 nitrogen and oxygen atoms in total. The molecule has 1 aromatic rings. The van der Waals surface area contributed by atoms with Crippen LogP contribution < -0.4 is 5.73 Å². The number of nitro benzene ring substituents is 1. The number of nitrogens with two attached hydrogens (primary N) is 1. The summed E-state index contributed by atoms with van der Waals surface area (Å²) in [6.45, 7) is 0. The van der Waals surface area contributed by atoms with Crippen molar-refractivity contribution in [3.63, 3.8) is 0 Å². The molecule has 1 aliphatic carbocycles. The summed E-state index contributed by atoms with van der Waals surface area (Å²) in [4.78, 5) is 10.3. The second-order valence-corrected chi connectivity index (χ2v) is 4.42. The highest BCUT2D eigenvalue weighted by Crippen LogP contribution is 2.34. The molecular weight excluding hydrogens is 204 g/mol. The van der Waals surface area contributed by atoms with Crippen LogP contribution in [0.25, 0.3) is 0 Å². The van der Waals surface area contributed by atoms with Crippen LogP contribution in [0.15, 0.2) is 24.3 Å². The standard InChI is InChI=1S/C12H16N2O2/c13-12(9-4-1-2-5-9)10-6-3-7-11(8-10)14(15)16/h3,6-9,12H,1-2,4-5,13H2/t12-/m0/s1. The summed E-state index contributed by atoms with van der Waals surface area (Å²) in [5.41, 5.74) is 7.17. The molecule has 86 valence electrons. The number of hydrogen-bond donors (Lipinski definition) is 1. The largest absolute Gasteiger partial charge is 0.324 e. The first-order valence-electron chi connectivity index (χ1n) is 5.68. The summed E-state index contributed by atoms with van der Waals surface area (Å²) in [5.74, 6) is 0.488. The number of non-ortho nitro benzene ring substituents is 1. The van der Waals surface area contributed by atoms with Gasteiger partial charge in [0, 0.05) is 18.2 Å². The first kappa shape index (κ1) is 11.1. The summed E-state index contributed by atoms with van der Waals surface area (Å²) in [5, 5.41) is 10.7. The van der Waals surface area contributed by atoms with Gasteiger partial charge in [-0.2, -0.15) is 0 Å². The van der Waals surface area contributed by atoms with Gasteiger partial charge in [-0.3, -0.25) is 10.1 Å². The van der Waals surface area contributed by atoms with E-state index in [2.05, 4.69) is 0 Å². The van der Waals surface area contributed by atoms with Gasteiger partial charge in [0.2, 0.25) is 0 Å². The Morgan fingerprint density at radius 2 is 2.06 bits per heavy atom. The maximum atomic E-state index is 10.7. The van der Waals surface area contributed by atoms with Crippen LogP contribution in [0.3, 0.4) is 0 Å². The zero-order valence-electron chi connectivity index (χ0n) is 9.13. The molecule has 0 spiro atoms. The van der Waals surface area contributed by atoms with Crippen molar-refractivity contribution in [3.05, 3.63) is 39.9 Å². The molecule has 1 saturated carbocycles. The second-order valence-electron chi connectivity index (χ2n) is 4.42. The summed E-state index contributed by atoms with van der Waals surface area (Å²) >= 11 is 0. The summed E-state index contributed by atoms with van der Waals surface area (Å²) in [6, 6.07) is 6.65. The lowest BCUT2D eigenvalue weighted by molar-refractivity contribution is -0.384. The van der Waals surface area contributed by atoms with Gasteiger partial charge in [0.05, 0.1) is 4.92 Å². The molecule has 2 N–H and O–H groups in total. The van der Waals surface area contributed by atoms with Crippen LogP contribution in [-0.4, -0.2) is 4.92 Å². The van der Waals surface area contributed by atoms with Crippen LogP contribution >= 0.6 is 0 Å². The average Bonchev–Trinajstić information content (AvgIpc) is 2.81. The lowest BCUT2D eigenvalue weighted by atomic mass is 9.92. The fourth-order valence-electron chi connectivity index (χ4n) is 2.43. The van der Waals surface area contributed by atoms with E-state index in [4.69, 9.17) is 5.73 Å². The van der Waals surface area contributed by atoms with Crippen LogP contribution in [0, 0.1) is 16.0 Å². The Balaban J connectivity index is 2.18. The fraction of sp³-hybridized carbons (Fsp3) is 0.500. The van der Waals surface area contributed by atoms with Gasteiger partial charge in [0.1, 0.15) is 0 Å². The Bertz CT molecular complexity index is 386. The summed E-state index contributed by atoms with van der Waals surface area (Å²) in [7, 11) is 0. The number of benzene rings is 1. The molecule has 0 unspecified atom stereocenters. The second kappa shape index (κ2) is 4.61. The van der Waals surface area contributed by atoms with E-state index in [1.54, 1.807) is 12.1 Å². The van der Waals surface area contributed by atoms with Gasteiger partial charge in [-0.25, -0.2) is 0 Å². The van der Waals surface area contributed by atoms with Crippen molar-refractivity contribution in [2.24, 2.45) is 11.7 Å². The van der Waals surface area contributed by atoms with E-state index < -0.39 is 0 Å². The normalized spacial score (nSPS) is 18.6. The minimum absolute atomic E-state index is 0.0533. The van der Waals surface area contributed by atoms with Crippen molar-refractivity contribution in [3.8, 4) is 0 Å². The number of nitro groups is 1. The van der Waals surface area contributed by atoms with Gasteiger partial charge in [0.25, 0.3) is 5.69 Å². The Labute approximate surface area is 94.6 Å². The van der Waals surface area contributed by atoms with E-state index in [1.807, 2.05) is 6.07 Å². The van der Waals surface area contributed by atoms with Gasteiger partial charge >= 0.3 is 0 Å². The highest BCUT2D eigenvalue weighted by molar-refractivity contribution is 5.36. The average molecular weight is 220 g/mol. The van der Waals surface area contributed by atoms with Gasteiger partial charge in [-0.1, -0.05) is 25.0 Å². The zero-order chi connectivity index (χ0) is 11.5. The lowest BCUT2D eigenvalue weighted by Crippen LogP contribution is -2.19. The Morgan fingerprint density at radius 1 is 1.38 bits per heavy atom. The number of hydrogen-bond acceptors (Lipinski definition) is 3. The van der Waals surface area contributed by atoms with Crippen LogP contribution in [-0.2, 0) is 0 Å². The lowest BCUT2D eigenvalue weighted by Gasteiger charge is -2.18.